The fraction of sp³-hybridized carbons (Fsp3) is 0.227. The zero-order valence-electron chi connectivity index (χ0n) is 15.5. The Balaban J connectivity index is 1.82. The molecule has 0 saturated carbocycles. The molecule has 6 heteroatoms. The molecule has 2 aromatic carbocycles. The maximum atomic E-state index is 12.9. The summed E-state index contributed by atoms with van der Waals surface area (Å²) in [7, 11) is 0. The molecule has 28 heavy (non-hydrogen) atoms. The molecule has 142 valence electrons. The van der Waals surface area contributed by atoms with Crippen LogP contribution >= 0.6 is 11.6 Å². The second kappa shape index (κ2) is 7.60. The number of carbonyl (C=O) groups excluding carboxylic acids is 2. The lowest BCUT2D eigenvalue weighted by Gasteiger charge is -2.17. The van der Waals surface area contributed by atoms with Gasteiger partial charge in [0.2, 0.25) is 11.8 Å². The van der Waals surface area contributed by atoms with E-state index in [0.717, 1.165) is 22.3 Å². The number of benzene rings is 2. The largest absolute Gasteiger partial charge is 0.352 e. The second-order valence-electron chi connectivity index (χ2n) is 7.01. The van der Waals surface area contributed by atoms with E-state index in [9.17, 15) is 9.59 Å². The Bertz CT molecular complexity index is 1030. The number of halogens is 1. The van der Waals surface area contributed by atoms with Gasteiger partial charge in [-0.15, -0.1) is 0 Å². The van der Waals surface area contributed by atoms with Gasteiger partial charge >= 0.3 is 0 Å². The Kier molecular flexibility index (Phi) is 5.01. The predicted octanol–water partition coefficient (Wildman–Crippen LogP) is 3.45. The molecule has 0 fully saturated rings. The molecule has 0 aromatic heterocycles. The van der Waals surface area contributed by atoms with Crippen molar-refractivity contribution in [1.82, 2.24) is 5.32 Å². The van der Waals surface area contributed by atoms with Gasteiger partial charge in [-0.2, -0.15) is 0 Å². The smallest absolute Gasteiger partial charge is 0.249 e. The van der Waals surface area contributed by atoms with Crippen LogP contribution in [0.15, 0.2) is 59.1 Å². The maximum absolute atomic E-state index is 12.9. The molecule has 0 bridgehead atoms. The Labute approximate surface area is 168 Å². The molecule has 2 N–H and O–H groups in total. The third-order valence-corrected chi connectivity index (χ3v) is 5.29. The van der Waals surface area contributed by atoms with Gasteiger partial charge in [0.15, 0.2) is 0 Å². The van der Waals surface area contributed by atoms with E-state index in [0.29, 0.717) is 35.8 Å². The van der Waals surface area contributed by atoms with Gasteiger partial charge in [-0.1, -0.05) is 35.9 Å². The van der Waals surface area contributed by atoms with Crippen LogP contribution in [-0.4, -0.2) is 30.1 Å². The summed E-state index contributed by atoms with van der Waals surface area (Å²) < 4.78 is 0. The van der Waals surface area contributed by atoms with E-state index in [1.54, 1.807) is 24.3 Å². The van der Waals surface area contributed by atoms with E-state index in [2.05, 4.69) is 10.6 Å². The van der Waals surface area contributed by atoms with Crippen LogP contribution in [0.25, 0.3) is 0 Å². The predicted molar refractivity (Wildman–Crippen MR) is 111 cm³/mol. The third-order valence-electron chi connectivity index (χ3n) is 5.06. The van der Waals surface area contributed by atoms with E-state index in [-0.39, 0.29) is 11.8 Å². The molecule has 0 spiro atoms. The van der Waals surface area contributed by atoms with E-state index in [4.69, 9.17) is 16.6 Å². The highest BCUT2D eigenvalue weighted by Crippen LogP contribution is 2.29. The van der Waals surface area contributed by atoms with Crippen LogP contribution in [0.4, 0.5) is 5.69 Å². The summed E-state index contributed by atoms with van der Waals surface area (Å²) in [5.74, 6) is -0.311. The first-order valence-electron chi connectivity index (χ1n) is 9.23. The second-order valence-corrected chi connectivity index (χ2v) is 7.45. The van der Waals surface area contributed by atoms with Crippen molar-refractivity contribution in [3.05, 3.63) is 75.8 Å². The minimum absolute atomic E-state index is 0.147. The standard InChI is InChI=1S/C22H20ClN3O2/c1-13-4-2-3-5-14(13)10-19-22(28)26-18-7-6-16(23)12-17(18)21(25-19)15-8-9-24-20(27)11-15/h2-7,11-12,19H,8-10H2,1H3,(H,24,27)(H,26,28). The number of anilines is 1. The van der Waals surface area contributed by atoms with Gasteiger partial charge in [0.1, 0.15) is 6.04 Å². The third kappa shape index (κ3) is 3.71. The molecule has 0 radical (unpaired) electrons. The van der Waals surface area contributed by atoms with Crippen molar-refractivity contribution in [3.63, 3.8) is 0 Å². The van der Waals surface area contributed by atoms with Gasteiger partial charge < -0.3 is 10.6 Å². The van der Waals surface area contributed by atoms with Crippen molar-refractivity contribution in [3.8, 4) is 0 Å². The number of nitrogens with one attached hydrogen (secondary N) is 2. The highest BCUT2D eigenvalue weighted by molar-refractivity contribution is 6.32. The number of benzodiazepines with no additional fused rings is 1. The van der Waals surface area contributed by atoms with E-state index >= 15 is 0 Å². The molecular formula is C22H20ClN3O2. The molecule has 5 nitrogen and oxygen atoms in total. The van der Waals surface area contributed by atoms with Gasteiger partial charge in [-0.3, -0.25) is 14.6 Å². The number of nitrogens with zero attached hydrogens (tertiary/aromatic N) is 1. The number of aryl methyl sites for hydroxylation is 1. The summed E-state index contributed by atoms with van der Waals surface area (Å²) >= 11 is 6.22. The van der Waals surface area contributed by atoms with Crippen molar-refractivity contribution in [2.24, 2.45) is 4.99 Å². The molecule has 0 aliphatic carbocycles. The average molecular weight is 394 g/mol. The van der Waals surface area contributed by atoms with Crippen LogP contribution in [0.5, 0.6) is 0 Å². The van der Waals surface area contributed by atoms with Crippen LogP contribution < -0.4 is 10.6 Å². The first kappa shape index (κ1) is 18.4. The number of fused-ring (bicyclic) bond motifs is 1. The Morgan fingerprint density at radius 2 is 2.00 bits per heavy atom. The first-order chi connectivity index (χ1) is 13.5. The number of hydrogen-bond acceptors (Lipinski definition) is 3. The van der Waals surface area contributed by atoms with Crippen LogP contribution in [0.3, 0.4) is 0 Å². The zero-order chi connectivity index (χ0) is 19.7. The van der Waals surface area contributed by atoms with Crippen LogP contribution in [0.2, 0.25) is 5.02 Å². The Morgan fingerprint density at radius 3 is 2.79 bits per heavy atom. The lowest BCUT2D eigenvalue weighted by molar-refractivity contribution is -0.117. The molecule has 2 amide bonds. The fourth-order valence-corrected chi connectivity index (χ4v) is 3.72. The molecule has 2 aliphatic rings. The minimum Gasteiger partial charge on any atom is -0.352 e. The monoisotopic (exact) mass is 393 g/mol. The summed E-state index contributed by atoms with van der Waals surface area (Å²) in [6.07, 6.45) is 2.71. The summed E-state index contributed by atoms with van der Waals surface area (Å²) in [6.45, 7) is 2.57. The van der Waals surface area contributed by atoms with E-state index in [1.165, 1.54) is 0 Å². The lowest BCUT2D eigenvalue weighted by atomic mass is 9.96. The van der Waals surface area contributed by atoms with Crippen molar-refractivity contribution >= 4 is 34.8 Å². The number of amides is 2. The summed E-state index contributed by atoms with van der Waals surface area (Å²) in [6, 6.07) is 12.7. The molecule has 4 rings (SSSR count). The average Bonchev–Trinajstić information content (AvgIpc) is 2.80. The lowest BCUT2D eigenvalue weighted by Crippen LogP contribution is -2.30. The van der Waals surface area contributed by atoms with Crippen molar-refractivity contribution in [2.75, 3.05) is 11.9 Å². The SMILES string of the molecule is Cc1ccccc1CC1N=C(C2=CC(=O)NCC2)c2cc(Cl)ccc2NC1=O. The van der Waals surface area contributed by atoms with Crippen LogP contribution in [0.1, 0.15) is 23.1 Å². The molecular weight excluding hydrogens is 374 g/mol. The number of carbonyl (C=O) groups is 2. The van der Waals surface area contributed by atoms with Crippen LogP contribution in [-0.2, 0) is 16.0 Å². The number of hydrogen-bond donors (Lipinski definition) is 2. The van der Waals surface area contributed by atoms with Crippen LogP contribution in [0, 0.1) is 6.92 Å². The molecule has 2 aliphatic heterocycles. The van der Waals surface area contributed by atoms with Gasteiger partial charge in [0, 0.05) is 29.6 Å². The highest BCUT2D eigenvalue weighted by Gasteiger charge is 2.28. The normalized spacial score (nSPS) is 19.0. The minimum atomic E-state index is -0.590. The molecule has 2 aromatic rings. The van der Waals surface area contributed by atoms with Gasteiger partial charge in [-0.05, 0) is 48.2 Å². The fourth-order valence-electron chi connectivity index (χ4n) is 3.55. The van der Waals surface area contributed by atoms with Crippen molar-refractivity contribution in [1.29, 1.82) is 0 Å². The van der Waals surface area contributed by atoms with E-state index < -0.39 is 6.04 Å². The zero-order valence-corrected chi connectivity index (χ0v) is 16.2. The Hall–Kier alpha value is -2.92. The Morgan fingerprint density at radius 1 is 1.18 bits per heavy atom. The summed E-state index contributed by atoms with van der Waals surface area (Å²) in [5, 5.41) is 6.32. The topological polar surface area (TPSA) is 70.6 Å². The van der Waals surface area contributed by atoms with Gasteiger partial charge in [0.25, 0.3) is 0 Å². The van der Waals surface area contributed by atoms with Crippen molar-refractivity contribution in [2.45, 2.75) is 25.8 Å². The molecule has 0 saturated heterocycles. The molecule has 1 unspecified atom stereocenters. The maximum Gasteiger partial charge on any atom is 0.249 e. The number of aliphatic imine (C=N–C) groups is 1. The number of rotatable bonds is 3. The first-order valence-corrected chi connectivity index (χ1v) is 9.61. The van der Waals surface area contributed by atoms with Gasteiger partial charge in [0.05, 0.1) is 11.4 Å². The van der Waals surface area contributed by atoms with Crippen molar-refractivity contribution < 1.29 is 9.59 Å². The van der Waals surface area contributed by atoms with Gasteiger partial charge in [-0.25, -0.2) is 0 Å². The highest BCUT2D eigenvalue weighted by atomic mass is 35.5. The quantitative estimate of drug-likeness (QED) is 0.838. The summed E-state index contributed by atoms with van der Waals surface area (Å²) in [5.41, 5.74) is 5.07. The molecule has 2 heterocycles. The molecule has 1 atom stereocenters. The summed E-state index contributed by atoms with van der Waals surface area (Å²) in [4.78, 5) is 29.7. The van der Waals surface area contributed by atoms with E-state index in [1.807, 2.05) is 31.2 Å².